The van der Waals surface area contributed by atoms with E-state index in [0.29, 0.717) is 32.1 Å². The number of phosphoric ester groups is 2. The fourth-order valence-electron chi connectivity index (χ4n) is 10.8. The largest absolute Gasteiger partial charge is 0.472 e. The summed E-state index contributed by atoms with van der Waals surface area (Å²) < 4.78 is 68.7. The van der Waals surface area contributed by atoms with Gasteiger partial charge in [0.2, 0.25) is 0 Å². The lowest BCUT2D eigenvalue weighted by Gasteiger charge is -2.21. The molecule has 0 spiro atoms. The summed E-state index contributed by atoms with van der Waals surface area (Å²) in [7, 11) is -10.0. The van der Waals surface area contributed by atoms with Gasteiger partial charge in [0, 0.05) is 25.7 Å². The van der Waals surface area contributed by atoms with Crippen molar-refractivity contribution in [1.29, 1.82) is 0 Å². The maximum absolute atomic E-state index is 13.1. The second-order valence-electron chi connectivity index (χ2n) is 27.3. The number of hydrogen-bond donors (Lipinski definition) is 3. The first kappa shape index (κ1) is 103. The van der Waals surface area contributed by atoms with E-state index in [1.807, 2.05) is 18.2 Å². The molecule has 0 aromatic heterocycles. The Labute approximate surface area is 655 Å². The maximum atomic E-state index is 13.1. The third kappa shape index (κ3) is 78.8. The number of carbonyl (C=O) groups excluding carboxylic acids is 4. The van der Waals surface area contributed by atoms with Crippen molar-refractivity contribution < 1.29 is 80.2 Å². The third-order valence-electron chi connectivity index (χ3n) is 17.0. The predicted octanol–water partition coefficient (Wildman–Crippen LogP) is 24.8. The van der Waals surface area contributed by atoms with Gasteiger partial charge in [-0.15, -0.1) is 0 Å². The quantitative estimate of drug-likeness (QED) is 0.0169. The van der Waals surface area contributed by atoms with E-state index in [1.54, 1.807) is 0 Å². The monoisotopic (exact) mass is 1550 g/mol. The molecule has 0 aromatic carbocycles. The summed E-state index contributed by atoms with van der Waals surface area (Å²) in [5.41, 5.74) is 0. The molecule has 0 amide bonds. The summed E-state index contributed by atoms with van der Waals surface area (Å²) in [6.45, 7) is 4.44. The van der Waals surface area contributed by atoms with E-state index in [4.69, 9.17) is 37.0 Å². The van der Waals surface area contributed by atoms with E-state index in [2.05, 4.69) is 167 Å². The van der Waals surface area contributed by atoms with Crippen molar-refractivity contribution in [3.63, 3.8) is 0 Å². The molecule has 0 saturated heterocycles. The van der Waals surface area contributed by atoms with Gasteiger partial charge in [-0.05, 0) is 135 Å². The molecule has 17 nitrogen and oxygen atoms in total. The molecule has 0 rings (SSSR count). The van der Waals surface area contributed by atoms with Crippen LogP contribution in [0.15, 0.2) is 158 Å². The molecule has 108 heavy (non-hydrogen) atoms. The van der Waals surface area contributed by atoms with Gasteiger partial charge < -0.3 is 33.8 Å². The molecule has 3 N–H and O–H groups in total. The Morgan fingerprint density at radius 1 is 0.269 bits per heavy atom. The standard InChI is InChI=1S/C89H148O17P2/c1-5-9-13-17-21-25-29-33-37-39-41-43-47-50-54-58-62-66-70-74-87(92)100-80-85(106-89(94)76-72-68-64-60-56-52-48-44-42-40-38-34-30-26-22-18-14-10-6-2)82-104-108(97,98)102-78-83(90)77-101-107(95,96)103-81-84(105-88(93)75-71-67-63-59-55-51-46-36-32-28-24-20-16-12-8-4)79-99-86(91)73-69-65-61-57-53-49-45-35-31-27-23-19-15-11-7-3/h9-11,13-15,21-23,25-27,33-35,37-38,41-45,50,54,62,66,83-85,90H,5-8,12,16-20,24,28-32,36,39-40,46-49,51-53,55-61,63-65,67-82H2,1-4H3,(H,95,96)(H,97,98)/b13-9-,14-10-,15-11-,25-21-,26-22-,27-23-,37-33-,38-34-,43-41-,44-42-,45-35-,54-50-,66-62-. The van der Waals surface area contributed by atoms with Gasteiger partial charge >= 0.3 is 39.5 Å². The van der Waals surface area contributed by atoms with Crippen molar-refractivity contribution >= 4 is 39.5 Å². The summed E-state index contributed by atoms with van der Waals surface area (Å²) in [5, 5.41) is 10.7. The lowest BCUT2D eigenvalue weighted by Crippen LogP contribution is -2.30. The lowest BCUT2D eigenvalue weighted by atomic mass is 10.0. The average Bonchev–Trinajstić information content (AvgIpc) is 0.896. The van der Waals surface area contributed by atoms with Gasteiger partial charge in [-0.3, -0.25) is 37.3 Å². The van der Waals surface area contributed by atoms with Crippen LogP contribution in [0.25, 0.3) is 0 Å². The Morgan fingerprint density at radius 3 is 0.796 bits per heavy atom. The molecule has 0 radical (unpaired) electrons. The van der Waals surface area contributed by atoms with Crippen molar-refractivity contribution in [3.05, 3.63) is 158 Å². The van der Waals surface area contributed by atoms with Crippen LogP contribution in [0, 0.1) is 0 Å². The Kier molecular flexibility index (Phi) is 75.8. The molecule has 0 aliphatic rings. The lowest BCUT2D eigenvalue weighted by molar-refractivity contribution is -0.161. The van der Waals surface area contributed by atoms with Gasteiger partial charge in [-0.2, -0.15) is 0 Å². The number of phosphoric acid groups is 2. The van der Waals surface area contributed by atoms with Crippen LogP contribution in [0.3, 0.4) is 0 Å². The van der Waals surface area contributed by atoms with Gasteiger partial charge in [-0.25, -0.2) is 9.13 Å². The number of aliphatic hydroxyl groups is 1. The highest BCUT2D eigenvalue weighted by molar-refractivity contribution is 7.47. The Morgan fingerprint density at radius 2 is 0.500 bits per heavy atom. The minimum absolute atomic E-state index is 0.0279. The molecule has 5 atom stereocenters. The molecule has 0 bridgehead atoms. The third-order valence-corrected chi connectivity index (χ3v) is 18.9. The number of unbranched alkanes of at least 4 members (excludes halogenated alkanes) is 25. The average molecular weight is 1550 g/mol. The Bertz CT molecular complexity index is 2660. The zero-order valence-corrected chi connectivity index (χ0v) is 69.3. The highest BCUT2D eigenvalue weighted by atomic mass is 31.2. The van der Waals surface area contributed by atoms with Crippen LogP contribution in [0.2, 0.25) is 0 Å². The summed E-state index contributed by atoms with van der Waals surface area (Å²) in [6.07, 6.45) is 93.6. The first-order valence-corrected chi connectivity index (χ1v) is 44.7. The van der Waals surface area contributed by atoms with Crippen LogP contribution in [0.5, 0.6) is 0 Å². The Hall–Kier alpha value is -5.32. The normalized spacial score (nSPS) is 14.6. The van der Waals surface area contributed by atoms with E-state index < -0.39 is 97.5 Å². The zero-order valence-electron chi connectivity index (χ0n) is 67.5. The molecule has 0 aliphatic carbocycles. The molecular formula is C89H148O17P2. The van der Waals surface area contributed by atoms with Crippen LogP contribution < -0.4 is 0 Å². The van der Waals surface area contributed by atoms with Crippen LogP contribution in [-0.2, 0) is 65.4 Å². The van der Waals surface area contributed by atoms with E-state index in [0.717, 1.165) is 173 Å². The van der Waals surface area contributed by atoms with Crippen molar-refractivity contribution in [2.75, 3.05) is 39.6 Å². The van der Waals surface area contributed by atoms with Crippen molar-refractivity contribution in [3.8, 4) is 0 Å². The molecule has 0 saturated carbocycles. The predicted molar refractivity (Wildman–Crippen MR) is 445 cm³/mol. The molecule has 0 fully saturated rings. The van der Waals surface area contributed by atoms with Crippen LogP contribution in [0.1, 0.15) is 323 Å². The first-order chi connectivity index (χ1) is 52.7. The smallest absolute Gasteiger partial charge is 0.462 e. The maximum Gasteiger partial charge on any atom is 0.472 e. The van der Waals surface area contributed by atoms with Crippen molar-refractivity contribution in [2.24, 2.45) is 0 Å². The number of carbonyl (C=O) groups is 4. The minimum atomic E-state index is -5.01. The first-order valence-electron chi connectivity index (χ1n) is 41.7. The van der Waals surface area contributed by atoms with E-state index in [-0.39, 0.29) is 25.7 Å². The van der Waals surface area contributed by atoms with Crippen LogP contribution in [0.4, 0.5) is 0 Å². The van der Waals surface area contributed by atoms with E-state index >= 15 is 0 Å². The fourth-order valence-corrected chi connectivity index (χ4v) is 12.4. The van der Waals surface area contributed by atoms with E-state index in [9.17, 15) is 43.2 Å². The number of allylic oxidation sites excluding steroid dienone is 26. The molecule has 0 aliphatic heterocycles. The fraction of sp³-hybridized carbons (Fsp3) is 0.663. The van der Waals surface area contributed by atoms with Gasteiger partial charge in [-0.1, -0.05) is 321 Å². The zero-order chi connectivity index (χ0) is 78.9. The van der Waals surface area contributed by atoms with Crippen molar-refractivity contribution in [1.82, 2.24) is 0 Å². The van der Waals surface area contributed by atoms with Crippen LogP contribution in [-0.4, -0.2) is 96.7 Å². The van der Waals surface area contributed by atoms with E-state index in [1.165, 1.54) is 64.2 Å². The summed E-state index contributed by atoms with van der Waals surface area (Å²) >= 11 is 0. The summed E-state index contributed by atoms with van der Waals surface area (Å²) in [6, 6.07) is 0. The molecule has 0 heterocycles. The molecule has 616 valence electrons. The van der Waals surface area contributed by atoms with Gasteiger partial charge in [0.15, 0.2) is 12.2 Å². The van der Waals surface area contributed by atoms with Gasteiger partial charge in [0.05, 0.1) is 26.4 Å². The summed E-state index contributed by atoms with van der Waals surface area (Å²) in [4.78, 5) is 73.2. The number of aliphatic hydroxyl groups excluding tert-OH is 1. The van der Waals surface area contributed by atoms with Gasteiger partial charge in [0.25, 0.3) is 0 Å². The van der Waals surface area contributed by atoms with Crippen molar-refractivity contribution in [2.45, 2.75) is 341 Å². The number of esters is 4. The molecule has 19 heteroatoms. The van der Waals surface area contributed by atoms with Crippen LogP contribution >= 0.6 is 15.6 Å². The highest BCUT2D eigenvalue weighted by Gasteiger charge is 2.30. The second-order valence-corrected chi connectivity index (χ2v) is 30.2. The second kappa shape index (κ2) is 79.8. The Balaban J connectivity index is 5.47. The minimum Gasteiger partial charge on any atom is -0.462 e. The van der Waals surface area contributed by atoms with Gasteiger partial charge in [0.1, 0.15) is 19.3 Å². The SMILES string of the molecule is CC/C=C\C/C=C\C/C=C\C/C=C\C/C=C\C/C=C\CCC(=O)OCC(COP(=O)(O)OCC(O)COP(=O)(O)OCC(COC(=O)CCCCCCC/C=C\C/C=C\C/C=C\CC)OC(=O)CCCCCCCCCCCCCCCCC)OC(=O)CCCCCCCC/C=C\C/C=C\C/C=C\C/C=C\CC. The topological polar surface area (TPSA) is 237 Å². The molecule has 5 unspecified atom stereocenters. The number of ether oxygens (including phenoxy) is 4. The highest BCUT2D eigenvalue weighted by Crippen LogP contribution is 2.45. The molecule has 0 aromatic rings. The summed E-state index contributed by atoms with van der Waals surface area (Å²) in [5.74, 6) is -2.30. The molecular weight excluding hydrogens is 1400 g/mol. The number of rotatable bonds is 77. The number of hydrogen-bond acceptors (Lipinski definition) is 15.